The highest BCUT2D eigenvalue weighted by Crippen LogP contribution is 2.27. The summed E-state index contributed by atoms with van der Waals surface area (Å²) in [6.07, 6.45) is 0.786. The quantitative estimate of drug-likeness (QED) is 0.895. The molecular formula is C15H16FNO. The van der Waals surface area contributed by atoms with Gasteiger partial charge in [-0.15, -0.1) is 0 Å². The van der Waals surface area contributed by atoms with E-state index in [4.69, 9.17) is 10.5 Å². The largest absolute Gasteiger partial charge is 0.454 e. The third-order valence-corrected chi connectivity index (χ3v) is 2.74. The van der Waals surface area contributed by atoms with Gasteiger partial charge >= 0.3 is 0 Å². The number of hydrogen-bond acceptors (Lipinski definition) is 2. The maximum Gasteiger partial charge on any atom is 0.165 e. The summed E-state index contributed by atoms with van der Waals surface area (Å²) in [7, 11) is 0. The van der Waals surface area contributed by atoms with Crippen molar-refractivity contribution in [3.8, 4) is 11.5 Å². The first-order valence-electron chi connectivity index (χ1n) is 5.92. The van der Waals surface area contributed by atoms with Crippen molar-refractivity contribution in [2.75, 3.05) is 6.54 Å². The molecule has 0 saturated carbocycles. The molecule has 0 amide bonds. The number of para-hydroxylation sites is 1. The number of halogens is 1. The Bertz CT molecular complexity index is 540. The van der Waals surface area contributed by atoms with Gasteiger partial charge < -0.3 is 10.5 Å². The van der Waals surface area contributed by atoms with E-state index >= 15 is 0 Å². The van der Waals surface area contributed by atoms with Crippen molar-refractivity contribution in [2.24, 2.45) is 5.73 Å². The number of nitrogens with two attached hydrogens (primary N) is 1. The van der Waals surface area contributed by atoms with Crippen LogP contribution in [-0.2, 0) is 6.42 Å². The highest BCUT2D eigenvalue weighted by atomic mass is 19.1. The van der Waals surface area contributed by atoms with E-state index < -0.39 is 0 Å². The van der Waals surface area contributed by atoms with Crippen LogP contribution in [0.25, 0.3) is 0 Å². The Morgan fingerprint density at radius 2 is 1.89 bits per heavy atom. The van der Waals surface area contributed by atoms with Crippen LogP contribution in [0.4, 0.5) is 4.39 Å². The first-order chi connectivity index (χ1) is 8.70. The van der Waals surface area contributed by atoms with Crippen molar-refractivity contribution in [3.63, 3.8) is 0 Å². The lowest BCUT2D eigenvalue weighted by Gasteiger charge is -2.11. The molecule has 0 aromatic heterocycles. The highest BCUT2D eigenvalue weighted by Gasteiger charge is 2.06. The summed E-state index contributed by atoms with van der Waals surface area (Å²) in [5.74, 6) is 0.553. The van der Waals surface area contributed by atoms with Gasteiger partial charge in [-0.2, -0.15) is 0 Å². The van der Waals surface area contributed by atoms with Crippen molar-refractivity contribution in [3.05, 3.63) is 59.4 Å². The maximum atomic E-state index is 13.5. The van der Waals surface area contributed by atoms with E-state index in [2.05, 4.69) is 0 Å². The zero-order valence-electron chi connectivity index (χ0n) is 10.3. The number of benzene rings is 2. The van der Waals surface area contributed by atoms with Crippen molar-refractivity contribution >= 4 is 0 Å². The van der Waals surface area contributed by atoms with Crippen LogP contribution in [-0.4, -0.2) is 6.54 Å². The van der Waals surface area contributed by atoms with E-state index in [0.717, 1.165) is 17.5 Å². The summed E-state index contributed by atoms with van der Waals surface area (Å²) in [5, 5.41) is 0. The van der Waals surface area contributed by atoms with Crippen LogP contribution in [0.1, 0.15) is 11.1 Å². The molecule has 0 aliphatic heterocycles. The Balaban J connectivity index is 2.28. The highest BCUT2D eigenvalue weighted by molar-refractivity contribution is 5.40. The Kier molecular flexibility index (Phi) is 3.95. The SMILES string of the molecule is Cc1ccc(CCN)cc1Oc1ccccc1F. The average Bonchev–Trinajstić information content (AvgIpc) is 2.36. The van der Waals surface area contributed by atoms with Crippen molar-refractivity contribution < 1.29 is 9.13 Å². The number of hydrogen-bond donors (Lipinski definition) is 1. The average molecular weight is 245 g/mol. The van der Waals surface area contributed by atoms with Gasteiger partial charge in [0.1, 0.15) is 5.75 Å². The van der Waals surface area contributed by atoms with E-state index in [-0.39, 0.29) is 11.6 Å². The maximum absolute atomic E-state index is 13.5. The van der Waals surface area contributed by atoms with Gasteiger partial charge in [-0.1, -0.05) is 24.3 Å². The third-order valence-electron chi connectivity index (χ3n) is 2.74. The molecule has 0 radical (unpaired) electrons. The minimum atomic E-state index is -0.360. The normalized spacial score (nSPS) is 10.4. The van der Waals surface area contributed by atoms with Gasteiger partial charge in [-0.3, -0.25) is 0 Å². The van der Waals surface area contributed by atoms with Gasteiger partial charge in [-0.05, 0) is 49.2 Å². The third kappa shape index (κ3) is 2.87. The van der Waals surface area contributed by atoms with Gasteiger partial charge in [0, 0.05) is 0 Å². The second kappa shape index (κ2) is 5.65. The molecule has 2 aromatic carbocycles. The minimum absolute atomic E-state index is 0.241. The zero-order valence-corrected chi connectivity index (χ0v) is 10.3. The molecule has 2 aromatic rings. The van der Waals surface area contributed by atoms with Crippen molar-refractivity contribution in [1.29, 1.82) is 0 Å². The van der Waals surface area contributed by atoms with Gasteiger partial charge in [0.05, 0.1) is 0 Å². The molecule has 2 rings (SSSR count). The molecule has 0 spiro atoms. The standard InChI is InChI=1S/C15H16FNO/c1-11-6-7-12(8-9-17)10-15(11)18-14-5-3-2-4-13(14)16/h2-7,10H,8-9,17H2,1H3. The fourth-order valence-corrected chi connectivity index (χ4v) is 1.72. The Morgan fingerprint density at radius 3 is 2.61 bits per heavy atom. The summed E-state index contributed by atoms with van der Waals surface area (Å²) < 4.78 is 19.1. The van der Waals surface area contributed by atoms with Crippen LogP contribution in [0, 0.1) is 12.7 Å². The number of ether oxygens (including phenoxy) is 1. The first kappa shape index (κ1) is 12.6. The van der Waals surface area contributed by atoms with E-state index in [1.807, 2.05) is 25.1 Å². The molecule has 0 atom stereocenters. The Labute approximate surface area is 106 Å². The first-order valence-corrected chi connectivity index (χ1v) is 5.92. The van der Waals surface area contributed by atoms with E-state index in [1.54, 1.807) is 18.2 Å². The van der Waals surface area contributed by atoms with Gasteiger partial charge in [0.2, 0.25) is 0 Å². The van der Waals surface area contributed by atoms with Gasteiger partial charge in [-0.25, -0.2) is 4.39 Å². The van der Waals surface area contributed by atoms with E-state index in [1.165, 1.54) is 6.07 Å². The zero-order chi connectivity index (χ0) is 13.0. The second-order valence-corrected chi connectivity index (χ2v) is 4.17. The lowest BCUT2D eigenvalue weighted by atomic mass is 10.1. The van der Waals surface area contributed by atoms with E-state index in [9.17, 15) is 4.39 Å². The van der Waals surface area contributed by atoms with Crippen LogP contribution >= 0.6 is 0 Å². The molecule has 0 aliphatic carbocycles. The minimum Gasteiger partial charge on any atom is -0.454 e. The van der Waals surface area contributed by atoms with Crippen LogP contribution < -0.4 is 10.5 Å². The molecule has 0 aliphatic rings. The molecule has 0 bridgehead atoms. The number of rotatable bonds is 4. The predicted octanol–water partition coefficient (Wildman–Crippen LogP) is 3.43. The molecule has 0 heterocycles. The molecule has 18 heavy (non-hydrogen) atoms. The second-order valence-electron chi connectivity index (χ2n) is 4.17. The fourth-order valence-electron chi connectivity index (χ4n) is 1.72. The lowest BCUT2D eigenvalue weighted by molar-refractivity contribution is 0.439. The van der Waals surface area contributed by atoms with Crippen LogP contribution in [0.15, 0.2) is 42.5 Å². The fraction of sp³-hybridized carbons (Fsp3) is 0.200. The summed E-state index contributed by atoms with van der Waals surface area (Å²) in [6, 6.07) is 12.3. The van der Waals surface area contributed by atoms with Crippen molar-refractivity contribution in [1.82, 2.24) is 0 Å². The molecule has 0 fully saturated rings. The monoisotopic (exact) mass is 245 g/mol. The summed E-state index contributed by atoms with van der Waals surface area (Å²) in [4.78, 5) is 0. The summed E-state index contributed by atoms with van der Waals surface area (Å²) in [5.41, 5.74) is 7.59. The molecule has 94 valence electrons. The predicted molar refractivity (Wildman–Crippen MR) is 70.4 cm³/mol. The van der Waals surface area contributed by atoms with Crippen LogP contribution in [0.5, 0.6) is 11.5 Å². The lowest BCUT2D eigenvalue weighted by Crippen LogP contribution is -2.03. The molecular weight excluding hydrogens is 229 g/mol. The smallest absolute Gasteiger partial charge is 0.165 e. The Morgan fingerprint density at radius 1 is 1.11 bits per heavy atom. The number of aryl methyl sites for hydroxylation is 1. The molecule has 2 nitrogen and oxygen atoms in total. The Hall–Kier alpha value is -1.87. The molecule has 2 N–H and O–H groups in total. The van der Waals surface area contributed by atoms with Gasteiger partial charge in [0.25, 0.3) is 0 Å². The summed E-state index contributed by atoms with van der Waals surface area (Å²) >= 11 is 0. The summed E-state index contributed by atoms with van der Waals surface area (Å²) in [6.45, 7) is 2.52. The van der Waals surface area contributed by atoms with Crippen molar-refractivity contribution in [2.45, 2.75) is 13.3 Å². The van der Waals surface area contributed by atoms with Crippen LogP contribution in [0.3, 0.4) is 0 Å². The molecule has 3 heteroatoms. The van der Waals surface area contributed by atoms with Crippen LogP contribution in [0.2, 0.25) is 0 Å². The van der Waals surface area contributed by atoms with Gasteiger partial charge in [0.15, 0.2) is 11.6 Å². The molecule has 0 unspecified atom stereocenters. The molecule has 0 saturated heterocycles. The topological polar surface area (TPSA) is 35.2 Å². The van der Waals surface area contributed by atoms with E-state index in [0.29, 0.717) is 12.3 Å².